The molecule has 2 aromatic rings. The molecule has 0 saturated carbocycles. The molecule has 0 spiro atoms. The molecule has 2 aromatic carbocycles. The van der Waals surface area contributed by atoms with Crippen molar-refractivity contribution < 1.29 is 9.59 Å². The molecule has 0 atom stereocenters. The summed E-state index contributed by atoms with van der Waals surface area (Å²) >= 11 is 0. The van der Waals surface area contributed by atoms with Crippen LogP contribution in [0, 0.1) is 24.7 Å². The van der Waals surface area contributed by atoms with E-state index in [1.165, 1.54) is 22.3 Å². The SMILES string of the molecule is Cc1ccc(-c2ccccc2)cc1C.N=C=O.N=C=O. The number of nitrogens with one attached hydrogen (secondary N) is 2. The Bertz CT molecular complexity index is 583. The average molecular weight is 268 g/mol. The fraction of sp³-hybridized carbons (Fsp3) is 0.125. The van der Waals surface area contributed by atoms with E-state index in [-0.39, 0.29) is 0 Å². The molecule has 0 radical (unpaired) electrons. The van der Waals surface area contributed by atoms with Crippen molar-refractivity contribution in [3.63, 3.8) is 0 Å². The Balaban J connectivity index is 0.000000520. The molecule has 0 bridgehead atoms. The molecule has 0 heterocycles. The second-order valence-corrected chi connectivity index (χ2v) is 3.87. The predicted octanol–water partition coefficient (Wildman–Crippen LogP) is 3.77. The number of hydrogen-bond acceptors (Lipinski definition) is 4. The zero-order valence-electron chi connectivity index (χ0n) is 11.4. The Morgan fingerprint density at radius 2 is 1.25 bits per heavy atom. The third kappa shape index (κ3) is 6.22. The first-order valence-electron chi connectivity index (χ1n) is 5.81. The van der Waals surface area contributed by atoms with Crippen LogP contribution in [0.5, 0.6) is 0 Å². The van der Waals surface area contributed by atoms with Gasteiger partial charge in [-0.05, 0) is 36.1 Å². The van der Waals surface area contributed by atoms with Crippen molar-refractivity contribution in [2.75, 3.05) is 0 Å². The van der Waals surface area contributed by atoms with Crippen LogP contribution in [0.2, 0.25) is 0 Å². The van der Waals surface area contributed by atoms with Gasteiger partial charge in [0.2, 0.25) is 12.2 Å². The van der Waals surface area contributed by atoms with Gasteiger partial charge in [0.1, 0.15) is 0 Å². The summed E-state index contributed by atoms with van der Waals surface area (Å²) in [5.74, 6) is 0. The molecule has 102 valence electrons. The van der Waals surface area contributed by atoms with E-state index in [9.17, 15) is 0 Å². The topological polar surface area (TPSA) is 81.8 Å². The summed E-state index contributed by atoms with van der Waals surface area (Å²) in [6.07, 6.45) is 1.50. The standard InChI is InChI=1S/C14H14.2CHNO/c1-11-8-9-14(10-12(11)2)13-6-4-3-5-7-13;2*2-1-3/h3-10H,1-2H3;2*2H. The largest absolute Gasteiger partial charge is 0.231 e. The lowest BCUT2D eigenvalue weighted by atomic mass is 10.0. The number of rotatable bonds is 1. The van der Waals surface area contributed by atoms with Crippen LogP contribution in [0.4, 0.5) is 0 Å². The van der Waals surface area contributed by atoms with Crippen LogP contribution in [-0.2, 0) is 9.59 Å². The summed E-state index contributed by atoms with van der Waals surface area (Å²) in [7, 11) is 0. The van der Waals surface area contributed by atoms with Gasteiger partial charge < -0.3 is 0 Å². The van der Waals surface area contributed by atoms with Gasteiger partial charge in [-0.3, -0.25) is 0 Å². The van der Waals surface area contributed by atoms with Gasteiger partial charge in [0.05, 0.1) is 0 Å². The van der Waals surface area contributed by atoms with Crippen molar-refractivity contribution in [2.45, 2.75) is 13.8 Å². The van der Waals surface area contributed by atoms with Crippen LogP contribution in [0.15, 0.2) is 48.5 Å². The molecule has 20 heavy (non-hydrogen) atoms. The van der Waals surface area contributed by atoms with Crippen LogP contribution in [0.25, 0.3) is 11.1 Å². The van der Waals surface area contributed by atoms with Gasteiger partial charge in [-0.15, -0.1) is 0 Å². The molecule has 0 amide bonds. The number of benzene rings is 2. The Morgan fingerprint density at radius 3 is 1.70 bits per heavy atom. The van der Waals surface area contributed by atoms with E-state index >= 15 is 0 Å². The monoisotopic (exact) mass is 268 g/mol. The Morgan fingerprint density at radius 1 is 0.750 bits per heavy atom. The maximum atomic E-state index is 8.35. The fourth-order valence-electron chi connectivity index (χ4n) is 1.55. The number of isocyanates is 2. The van der Waals surface area contributed by atoms with Crippen LogP contribution in [0.3, 0.4) is 0 Å². The summed E-state index contributed by atoms with van der Waals surface area (Å²) in [6, 6.07) is 17.1. The quantitative estimate of drug-likeness (QED) is 0.609. The summed E-state index contributed by atoms with van der Waals surface area (Å²) in [5.41, 5.74) is 5.29. The van der Waals surface area contributed by atoms with Gasteiger partial charge in [0.15, 0.2) is 0 Å². The average Bonchev–Trinajstić information content (AvgIpc) is 2.45. The van der Waals surface area contributed by atoms with Gasteiger partial charge in [-0.2, -0.15) is 0 Å². The minimum absolute atomic E-state index is 0.750. The van der Waals surface area contributed by atoms with Crippen molar-refractivity contribution in [3.05, 3.63) is 59.7 Å². The molecule has 0 aliphatic heterocycles. The van der Waals surface area contributed by atoms with E-state index in [1.54, 1.807) is 0 Å². The summed E-state index contributed by atoms with van der Waals surface area (Å²) < 4.78 is 0. The molecule has 0 aliphatic rings. The molecule has 0 fully saturated rings. The van der Waals surface area contributed by atoms with Gasteiger partial charge in [-0.25, -0.2) is 20.4 Å². The molecule has 2 rings (SSSR count). The first-order valence-corrected chi connectivity index (χ1v) is 5.81. The molecule has 0 aliphatic carbocycles. The van der Waals surface area contributed by atoms with E-state index in [0.29, 0.717) is 0 Å². The highest BCUT2D eigenvalue weighted by Gasteiger charge is 1.97. The van der Waals surface area contributed by atoms with E-state index in [4.69, 9.17) is 20.4 Å². The van der Waals surface area contributed by atoms with Gasteiger partial charge >= 0.3 is 0 Å². The third-order valence-corrected chi connectivity index (χ3v) is 2.61. The molecule has 0 unspecified atom stereocenters. The highest BCUT2D eigenvalue weighted by Crippen LogP contribution is 2.21. The second-order valence-electron chi connectivity index (χ2n) is 3.87. The zero-order valence-corrected chi connectivity index (χ0v) is 11.4. The Labute approximate surface area is 118 Å². The second kappa shape index (κ2) is 10.2. The van der Waals surface area contributed by atoms with E-state index in [0.717, 1.165) is 12.2 Å². The van der Waals surface area contributed by atoms with Crippen LogP contribution in [0.1, 0.15) is 11.1 Å². The first-order chi connectivity index (χ1) is 9.60. The smallest absolute Gasteiger partial charge is 0.222 e. The van der Waals surface area contributed by atoms with Gasteiger partial charge in [0.25, 0.3) is 0 Å². The molecule has 2 N–H and O–H groups in total. The Hall–Kier alpha value is -2.80. The maximum absolute atomic E-state index is 8.35. The molecule has 0 aromatic heterocycles. The van der Waals surface area contributed by atoms with E-state index in [2.05, 4.69) is 56.3 Å². The van der Waals surface area contributed by atoms with Gasteiger partial charge in [-0.1, -0.05) is 48.5 Å². The summed E-state index contributed by atoms with van der Waals surface area (Å²) in [6.45, 7) is 4.30. The maximum Gasteiger partial charge on any atom is 0.231 e. The van der Waals surface area contributed by atoms with Crippen molar-refractivity contribution in [2.24, 2.45) is 0 Å². The molecular formula is C16H16N2O2. The molecule has 0 saturated heterocycles. The minimum Gasteiger partial charge on any atom is -0.222 e. The summed E-state index contributed by atoms with van der Waals surface area (Å²) in [5, 5.41) is 10.8. The lowest BCUT2D eigenvalue weighted by molar-refractivity contribution is 0.562. The molecule has 4 heteroatoms. The molecule has 4 nitrogen and oxygen atoms in total. The van der Waals surface area contributed by atoms with E-state index in [1.807, 2.05) is 6.07 Å². The lowest BCUT2D eigenvalue weighted by Gasteiger charge is -2.04. The third-order valence-electron chi connectivity index (χ3n) is 2.61. The highest BCUT2D eigenvalue weighted by molar-refractivity contribution is 5.64. The van der Waals surface area contributed by atoms with Crippen molar-refractivity contribution in [1.82, 2.24) is 0 Å². The normalized spacial score (nSPS) is 7.90. The van der Waals surface area contributed by atoms with Crippen LogP contribution >= 0.6 is 0 Å². The van der Waals surface area contributed by atoms with Crippen LogP contribution in [-0.4, -0.2) is 12.2 Å². The fourth-order valence-corrected chi connectivity index (χ4v) is 1.55. The lowest BCUT2D eigenvalue weighted by Crippen LogP contribution is -1.82. The van der Waals surface area contributed by atoms with Crippen molar-refractivity contribution in [1.29, 1.82) is 10.8 Å². The highest BCUT2D eigenvalue weighted by atomic mass is 16.1. The van der Waals surface area contributed by atoms with Gasteiger partial charge in [0, 0.05) is 0 Å². The van der Waals surface area contributed by atoms with Crippen molar-refractivity contribution in [3.8, 4) is 11.1 Å². The minimum atomic E-state index is 0.750. The predicted molar refractivity (Wildman–Crippen MR) is 78.2 cm³/mol. The van der Waals surface area contributed by atoms with Crippen molar-refractivity contribution >= 4 is 12.2 Å². The number of carbonyl (C=O) groups excluding carboxylic acids is 2. The van der Waals surface area contributed by atoms with Crippen LogP contribution < -0.4 is 0 Å². The first kappa shape index (κ1) is 17.2. The number of hydrogen-bond donors (Lipinski definition) is 2. The number of aryl methyl sites for hydroxylation is 2. The summed E-state index contributed by atoms with van der Waals surface area (Å²) in [4.78, 5) is 16.7. The Kier molecular flexibility index (Phi) is 8.73. The zero-order chi connectivity index (χ0) is 15.4. The molecular weight excluding hydrogens is 252 g/mol. The van der Waals surface area contributed by atoms with E-state index < -0.39 is 0 Å².